The van der Waals surface area contributed by atoms with Crippen LogP contribution in [0.5, 0.6) is 5.75 Å². The van der Waals surface area contributed by atoms with Crippen molar-refractivity contribution in [2.24, 2.45) is 0 Å². The number of H-pyrrole nitrogens is 1. The van der Waals surface area contributed by atoms with Crippen LogP contribution in [0.25, 0.3) is 22.4 Å². The van der Waals surface area contributed by atoms with E-state index in [1.807, 2.05) is 35.9 Å². The Kier molecular flexibility index (Phi) is 4.03. The van der Waals surface area contributed by atoms with Crippen LogP contribution >= 0.6 is 0 Å². The van der Waals surface area contributed by atoms with Gasteiger partial charge in [0.25, 0.3) is 5.56 Å². The first-order valence-electron chi connectivity index (χ1n) is 8.81. The number of nitrogens with one attached hydrogen (secondary N) is 1. The third kappa shape index (κ3) is 2.71. The number of methoxy groups -OCH3 is 1. The van der Waals surface area contributed by atoms with Crippen LogP contribution in [0.2, 0.25) is 0 Å². The Balaban J connectivity index is 1.89. The lowest BCUT2D eigenvalue weighted by atomic mass is 9.95. The molecule has 1 fully saturated rings. The average Bonchev–Trinajstić information content (AvgIpc) is 3.00. The zero-order chi connectivity index (χ0) is 17.4. The third-order valence-electron chi connectivity index (χ3n) is 5.01. The minimum atomic E-state index is -0.142. The topological polar surface area (TPSA) is 72.8 Å². The van der Waals surface area contributed by atoms with Crippen LogP contribution < -0.4 is 10.3 Å². The predicted molar refractivity (Wildman–Crippen MR) is 97.0 cm³/mol. The van der Waals surface area contributed by atoms with E-state index in [1.54, 1.807) is 7.11 Å². The number of aromatic amines is 1. The number of rotatable bonds is 3. The highest BCUT2D eigenvalue weighted by atomic mass is 16.5. The third-order valence-corrected chi connectivity index (χ3v) is 5.01. The van der Waals surface area contributed by atoms with Gasteiger partial charge >= 0.3 is 0 Å². The lowest BCUT2D eigenvalue weighted by molar-refractivity contribution is 0.336. The second kappa shape index (κ2) is 6.35. The summed E-state index contributed by atoms with van der Waals surface area (Å²) < 4.78 is 7.30. The second-order valence-electron chi connectivity index (χ2n) is 6.63. The normalized spacial score (nSPS) is 15.6. The number of hydrogen-bond acceptors (Lipinski definition) is 4. The molecule has 1 aromatic carbocycles. The lowest BCUT2D eigenvalue weighted by Crippen LogP contribution is -2.19. The van der Waals surface area contributed by atoms with Crippen molar-refractivity contribution in [2.45, 2.75) is 45.1 Å². The molecule has 0 unspecified atom stereocenters. The van der Waals surface area contributed by atoms with Crippen molar-refractivity contribution in [3.8, 4) is 17.1 Å². The van der Waals surface area contributed by atoms with Gasteiger partial charge in [0.1, 0.15) is 17.1 Å². The summed E-state index contributed by atoms with van der Waals surface area (Å²) in [5.41, 5.74) is 2.69. The van der Waals surface area contributed by atoms with Crippen LogP contribution in [0.4, 0.5) is 0 Å². The molecule has 0 saturated heterocycles. The molecule has 1 aliphatic carbocycles. The first-order valence-corrected chi connectivity index (χ1v) is 8.81. The number of fused-ring (bicyclic) bond motifs is 1. The van der Waals surface area contributed by atoms with E-state index >= 15 is 0 Å². The van der Waals surface area contributed by atoms with Gasteiger partial charge in [-0.25, -0.2) is 4.98 Å². The molecule has 0 spiro atoms. The summed E-state index contributed by atoms with van der Waals surface area (Å²) in [5.74, 6) is 1.20. The van der Waals surface area contributed by atoms with Crippen molar-refractivity contribution >= 4 is 11.0 Å². The molecule has 0 amide bonds. The quantitative estimate of drug-likeness (QED) is 0.792. The minimum Gasteiger partial charge on any atom is -0.496 e. The predicted octanol–water partition coefficient (Wildman–Crippen LogP) is 3.61. The zero-order valence-corrected chi connectivity index (χ0v) is 14.6. The van der Waals surface area contributed by atoms with E-state index in [4.69, 9.17) is 9.72 Å². The molecule has 2 aromatic heterocycles. The Hall–Kier alpha value is -2.63. The van der Waals surface area contributed by atoms with Crippen molar-refractivity contribution in [3.63, 3.8) is 0 Å². The zero-order valence-electron chi connectivity index (χ0n) is 14.6. The monoisotopic (exact) mass is 338 g/mol. The van der Waals surface area contributed by atoms with E-state index < -0.39 is 0 Å². The molecular weight excluding hydrogens is 316 g/mol. The highest BCUT2D eigenvalue weighted by Gasteiger charge is 2.23. The second-order valence-corrected chi connectivity index (χ2v) is 6.63. The molecule has 6 heteroatoms. The molecule has 4 rings (SSSR count). The summed E-state index contributed by atoms with van der Waals surface area (Å²) in [4.78, 5) is 20.5. The summed E-state index contributed by atoms with van der Waals surface area (Å²) in [6, 6.07) is 7.85. The van der Waals surface area contributed by atoms with Gasteiger partial charge in [-0.05, 0) is 31.9 Å². The molecule has 3 aromatic rings. The summed E-state index contributed by atoms with van der Waals surface area (Å²) in [5, 5.41) is 4.65. The van der Waals surface area contributed by atoms with Gasteiger partial charge < -0.3 is 9.72 Å². The largest absolute Gasteiger partial charge is 0.496 e. The molecule has 0 atom stereocenters. The summed E-state index contributed by atoms with van der Waals surface area (Å²) in [6.45, 7) is 1.92. The first kappa shape index (κ1) is 15.9. The number of ether oxygens (including phenoxy) is 1. The van der Waals surface area contributed by atoms with Crippen LogP contribution in [-0.4, -0.2) is 26.9 Å². The Morgan fingerprint density at radius 2 is 1.96 bits per heavy atom. The number of hydrogen-bond donors (Lipinski definition) is 1. The smallest absolute Gasteiger partial charge is 0.277 e. The molecule has 2 heterocycles. The van der Waals surface area contributed by atoms with Gasteiger partial charge in [-0.3, -0.25) is 9.48 Å². The molecular formula is C19H22N4O2. The van der Waals surface area contributed by atoms with Gasteiger partial charge in [0.2, 0.25) is 0 Å². The average molecular weight is 338 g/mol. The van der Waals surface area contributed by atoms with Crippen molar-refractivity contribution in [3.05, 3.63) is 40.3 Å². The molecule has 6 nitrogen and oxygen atoms in total. The van der Waals surface area contributed by atoms with E-state index in [0.29, 0.717) is 28.6 Å². The maximum Gasteiger partial charge on any atom is 0.277 e. The number of aryl methyl sites for hydroxylation is 1. The molecule has 0 aliphatic heterocycles. The fraction of sp³-hybridized carbons (Fsp3) is 0.421. The van der Waals surface area contributed by atoms with Crippen molar-refractivity contribution in [2.75, 3.05) is 7.11 Å². The van der Waals surface area contributed by atoms with Gasteiger partial charge in [0.15, 0.2) is 5.52 Å². The Morgan fingerprint density at radius 1 is 1.20 bits per heavy atom. The van der Waals surface area contributed by atoms with Crippen molar-refractivity contribution in [1.82, 2.24) is 19.7 Å². The number of nitrogens with zero attached hydrogens (tertiary/aromatic N) is 3. The van der Waals surface area contributed by atoms with Gasteiger partial charge in [0.05, 0.1) is 24.4 Å². The van der Waals surface area contributed by atoms with E-state index in [9.17, 15) is 4.79 Å². The number of para-hydroxylation sites is 1. The number of aromatic nitrogens is 4. The molecule has 25 heavy (non-hydrogen) atoms. The van der Waals surface area contributed by atoms with Gasteiger partial charge in [-0.2, -0.15) is 5.10 Å². The van der Waals surface area contributed by atoms with Gasteiger partial charge in [-0.15, -0.1) is 0 Å². The SMILES string of the molecule is COc1ccccc1-c1nc2c(C)nn(C3CCCCC3)c2c(=O)[nH]1. The maximum absolute atomic E-state index is 12.9. The van der Waals surface area contributed by atoms with E-state index in [2.05, 4.69) is 10.1 Å². The molecule has 1 aliphatic rings. The highest BCUT2D eigenvalue weighted by Crippen LogP contribution is 2.31. The van der Waals surface area contributed by atoms with Crippen LogP contribution in [0.1, 0.15) is 43.8 Å². The molecule has 130 valence electrons. The van der Waals surface area contributed by atoms with Crippen LogP contribution in [0.3, 0.4) is 0 Å². The van der Waals surface area contributed by atoms with Crippen molar-refractivity contribution in [1.29, 1.82) is 0 Å². The summed E-state index contributed by atoms with van der Waals surface area (Å²) in [7, 11) is 1.61. The Bertz CT molecular complexity index is 967. The fourth-order valence-electron chi connectivity index (χ4n) is 3.75. The van der Waals surface area contributed by atoms with E-state index in [1.165, 1.54) is 19.3 Å². The standard InChI is InChI=1S/C19H22N4O2/c1-12-16-17(23(22-12)13-8-4-3-5-9-13)19(24)21-18(20-16)14-10-6-7-11-15(14)25-2/h6-7,10-11,13H,3-5,8-9H2,1-2H3,(H,20,21,24). The maximum atomic E-state index is 12.9. The molecule has 1 N–H and O–H groups in total. The Morgan fingerprint density at radius 3 is 2.72 bits per heavy atom. The fourth-order valence-corrected chi connectivity index (χ4v) is 3.75. The Labute approximate surface area is 145 Å². The summed E-state index contributed by atoms with van der Waals surface area (Å²) in [6.07, 6.45) is 5.79. The van der Waals surface area contributed by atoms with E-state index in [-0.39, 0.29) is 5.56 Å². The van der Waals surface area contributed by atoms with E-state index in [0.717, 1.165) is 24.1 Å². The van der Waals surface area contributed by atoms with Crippen LogP contribution in [-0.2, 0) is 0 Å². The minimum absolute atomic E-state index is 0.142. The van der Waals surface area contributed by atoms with Crippen LogP contribution in [0, 0.1) is 6.92 Å². The highest BCUT2D eigenvalue weighted by molar-refractivity contribution is 5.79. The van der Waals surface area contributed by atoms with Gasteiger partial charge in [-0.1, -0.05) is 31.4 Å². The van der Waals surface area contributed by atoms with Gasteiger partial charge in [0, 0.05) is 0 Å². The molecule has 1 saturated carbocycles. The molecule has 0 radical (unpaired) electrons. The number of benzene rings is 1. The summed E-state index contributed by atoms with van der Waals surface area (Å²) >= 11 is 0. The van der Waals surface area contributed by atoms with Crippen molar-refractivity contribution < 1.29 is 4.74 Å². The first-order chi connectivity index (χ1) is 12.2. The van der Waals surface area contributed by atoms with Crippen LogP contribution in [0.15, 0.2) is 29.1 Å². The lowest BCUT2D eigenvalue weighted by Gasteiger charge is -2.22. The molecule has 0 bridgehead atoms.